The number of carbonyl (C=O) groups is 1. The number of ether oxygens (including phenoxy) is 1. The van der Waals surface area contributed by atoms with Crippen molar-refractivity contribution in [2.75, 3.05) is 0 Å². The second kappa shape index (κ2) is 4.23. The Balaban J connectivity index is 2.18. The van der Waals surface area contributed by atoms with Gasteiger partial charge in [0, 0.05) is 6.07 Å². The first kappa shape index (κ1) is 9.86. The number of thiophene rings is 1. The van der Waals surface area contributed by atoms with Crippen molar-refractivity contribution in [1.82, 2.24) is 0 Å². The van der Waals surface area contributed by atoms with Gasteiger partial charge in [-0.25, -0.2) is 4.39 Å². The molecule has 0 saturated carbocycles. The molecule has 2 aromatic rings. The van der Waals surface area contributed by atoms with Crippen LogP contribution in [0.25, 0.3) is 0 Å². The summed E-state index contributed by atoms with van der Waals surface area (Å²) in [6, 6.07) is 9.20. The molecule has 0 bridgehead atoms. The van der Waals surface area contributed by atoms with Gasteiger partial charge in [-0.3, -0.25) is 4.79 Å². The van der Waals surface area contributed by atoms with Crippen molar-refractivity contribution in [3.8, 4) is 10.8 Å². The van der Waals surface area contributed by atoms with E-state index in [-0.39, 0.29) is 5.82 Å². The Morgan fingerprint density at radius 3 is 2.80 bits per heavy atom. The number of hydrogen-bond donors (Lipinski definition) is 0. The number of rotatable bonds is 3. The van der Waals surface area contributed by atoms with Gasteiger partial charge in [0.15, 0.2) is 11.3 Å². The zero-order chi connectivity index (χ0) is 10.7. The van der Waals surface area contributed by atoms with Gasteiger partial charge in [-0.2, -0.15) is 0 Å². The highest BCUT2D eigenvalue weighted by molar-refractivity contribution is 7.15. The van der Waals surface area contributed by atoms with Gasteiger partial charge in [0.1, 0.15) is 11.6 Å². The minimum atomic E-state index is -0.348. The van der Waals surface area contributed by atoms with Crippen LogP contribution >= 0.6 is 11.3 Å². The Labute approximate surface area is 89.9 Å². The molecule has 15 heavy (non-hydrogen) atoms. The smallest absolute Gasteiger partial charge is 0.181 e. The second-order valence-corrected chi connectivity index (χ2v) is 3.91. The lowest BCUT2D eigenvalue weighted by Gasteiger charge is -2.01. The van der Waals surface area contributed by atoms with Crippen LogP contribution < -0.4 is 4.74 Å². The molecule has 2 nitrogen and oxygen atoms in total. The Morgan fingerprint density at radius 2 is 2.13 bits per heavy atom. The van der Waals surface area contributed by atoms with E-state index in [9.17, 15) is 9.18 Å². The SMILES string of the molecule is O=Cc1ccc(Oc2cccc(F)c2)s1. The molecule has 4 heteroatoms. The molecule has 1 aromatic carbocycles. The summed E-state index contributed by atoms with van der Waals surface area (Å²) in [5.74, 6) is 0.0777. The van der Waals surface area contributed by atoms with Crippen molar-refractivity contribution in [1.29, 1.82) is 0 Å². The van der Waals surface area contributed by atoms with Crippen molar-refractivity contribution in [2.24, 2.45) is 0 Å². The van der Waals surface area contributed by atoms with E-state index in [4.69, 9.17) is 4.74 Å². The third-order valence-corrected chi connectivity index (χ3v) is 2.62. The van der Waals surface area contributed by atoms with Gasteiger partial charge in [-0.05, 0) is 24.3 Å². The molecule has 0 aliphatic rings. The summed E-state index contributed by atoms with van der Waals surface area (Å²) in [7, 11) is 0. The Bertz CT molecular complexity index is 479. The van der Waals surface area contributed by atoms with Crippen molar-refractivity contribution in [3.05, 3.63) is 47.1 Å². The number of hydrogen-bond acceptors (Lipinski definition) is 3. The lowest BCUT2D eigenvalue weighted by molar-refractivity contribution is 0.112. The fraction of sp³-hybridized carbons (Fsp3) is 0. The molecular weight excluding hydrogens is 215 g/mol. The van der Waals surface area contributed by atoms with E-state index in [1.165, 1.54) is 23.5 Å². The van der Waals surface area contributed by atoms with Gasteiger partial charge in [-0.1, -0.05) is 17.4 Å². The summed E-state index contributed by atoms with van der Waals surface area (Å²) < 4.78 is 18.2. The first-order valence-corrected chi connectivity index (χ1v) is 5.08. The normalized spacial score (nSPS) is 9.93. The molecule has 2 rings (SSSR count). The summed E-state index contributed by atoms with van der Waals surface area (Å²) in [6.45, 7) is 0. The van der Waals surface area contributed by atoms with Crippen molar-refractivity contribution in [3.63, 3.8) is 0 Å². The standard InChI is InChI=1S/C11H7FO2S/c12-8-2-1-3-9(6-8)14-11-5-4-10(7-13)15-11/h1-7H. The van der Waals surface area contributed by atoms with E-state index in [1.807, 2.05) is 0 Å². The van der Waals surface area contributed by atoms with Crippen LogP contribution in [0.2, 0.25) is 0 Å². The quantitative estimate of drug-likeness (QED) is 0.743. The molecule has 0 atom stereocenters. The van der Waals surface area contributed by atoms with Crippen molar-refractivity contribution >= 4 is 17.6 Å². The topological polar surface area (TPSA) is 26.3 Å². The summed E-state index contributed by atoms with van der Waals surface area (Å²) in [6.07, 6.45) is 0.753. The van der Waals surface area contributed by atoms with E-state index < -0.39 is 0 Å². The molecular formula is C11H7FO2S. The molecule has 1 heterocycles. The average molecular weight is 222 g/mol. The van der Waals surface area contributed by atoms with Gasteiger partial charge in [0.05, 0.1) is 4.88 Å². The third-order valence-electron chi connectivity index (χ3n) is 1.73. The molecule has 0 unspecified atom stereocenters. The molecule has 0 N–H and O–H groups in total. The molecule has 0 radical (unpaired) electrons. The van der Waals surface area contributed by atoms with Crippen LogP contribution in [-0.4, -0.2) is 6.29 Å². The Kier molecular flexibility index (Phi) is 2.78. The molecule has 0 fully saturated rings. The van der Waals surface area contributed by atoms with Gasteiger partial charge >= 0.3 is 0 Å². The first-order valence-electron chi connectivity index (χ1n) is 4.26. The molecule has 0 amide bonds. The van der Waals surface area contributed by atoms with E-state index in [0.717, 1.165) is 6.29 Å². The lowest BCUT2D eigenvalue weighted by Crippen LogP contribution is -1.81. The van der Waals surface area contributed by atoms with E-state index in [1.54, 1.807) is 24.3 Å². The summed E-state index contributed by atoms with van der Waals surface area (Å²) in [5, 5.41) is 0.572. The largest absolute Gasteiger partial charge is 0.447 e. The van der Waals surface area contributed by atoms with Gasteiger partial charge in [0.2, 0.25) is 0 Å². The minimum absolute atomic E-state index is 0.348. The number of aldehydes is 1. The molecule has 76 valence electrons. The molecule has 0 aliphatic heterocycles. The van der Waals surface area contributed by atoms with Gasteiger partial charge in [-0.15, -0.1) is 0 Å². The average Bonchev–Trinajstić information content (AvgIpc) is 2.65. The van der Waals surface area contributed by atoms with E-state index in [2.05, 4.69) is 0 Å². The predicted molar refractivity (Wildman–Crippen MR) is 56.2 cm³/mol. The summed E-state index contributed by atoms with van der Waals surface area (Å²) in [5.41, 5.74) is 0. The van der Waals surface area contributed by atoms with Crippen LogP contribution in [-0.2, 0) is 0 Å². The van der Waals surface area contributed by atoms with Gasteiger partial charge in [0.25, 0.3) is 0 Å². The van der Waals surface area contributed by atoms with Crippen LogP contribution in [0, 0.1) is 5.82 Å². The monoisotopic (exact) mass is 222 g/mol. The summed E-state index contributed by atoms with van der Waals surface area (Å²) >= 11 is 1.22. The number of carbonyl (C=O) groups excluding carboxylic acids is 1. The second-order valence-electron chi connectivity index (χ2n) is 2.83. The highest BCUT2D eigenvalue weighted by Gasteiger charge is 2.02. The van der Waals surface area contributed by atoms with E-state index in [0.29, 0.717) is 15.7 Å². The lowest BCUT2D eigenvalue weighted by atomic mass is 10.3. The molecule has 0 saturated heterocycles. The van der Waals surface area contributed by atoms with E-state index >= 15 is 0 Å². The predicted octanol–water partition coefficient (Wildman–Crippen LogP) is 3.49. The maximum atomic E-state index is 12.8. The fourth-order valence-electron chi connectivity index (χ4n) is 1.10. The zero-order valence-electron chi connectivity index (χ0n) is 7.64. The fourth-order valence-corrected chi connectivity index (χ4v) is 1.79. The summed E-state index contributed by atoms with van der Waals surface area (Å²) in [4.78, 5) is 11.0. The minimum Gasteiger partial charge on any atom is -0.447 e. The molecule has 0 spiro atoms. The Morgan fingerprint density at radius 1 is 1.27 bits per heavy atom. The van der Waals surface area contributed by atoms with Crippen LogP contribution in [0.5, 0.6) is 10.8 Å². The maximum Gasteiger partial charge on any atom is 0.181 e. The van der Waals surface area contributed by atoms with Crippen molar-refractivity contribution < 1.29 is 13.9 Å². The first-order chi connectivity index (χ1) is 7.28. The zero-order valence-corrected chi connectivity index (χ0v) is 8.46. The van der Waals surface area contributed by atoms with Gasteiger partial charge < -0.3 is 4.74 Å². The molecule has 0 aliphatic carbocycles. The Hall–Kier alpha value is -1.68. The number of benzene rings is 1. The highest BCUT2D eigenvalue weighted by Crippen LogP contribution is 2.28. The third kappa shape index (κ3) is 2.41. The van der Waals surface area contributed by atoms with Crippen molar-refractivity contribution in [2.45, 2.75) is 0 Å². The van der Waals surface area contributed by atoms with Crippen LogP contribution in [0.3, 0.4) is 0 Å². The van der Waals surface area contributed by atoms with Crippen LogP contribution in [0.15, 0.2) is 36.4 Å². The number of halogens is 1. The highest BCUT2D eigenvalue weighted by atomic mass is 32.1. The maximum absolute atomic E-state index is 12.8. The molecule has 1 aromatic heterocycles. The van der Waals surface area contributed by atoms with Crippen LogP contribution in [0.4, 0.5) is 4.39 Å². The van der Waals surface area contributed by atoms with Crippen LogP contribution in [0.1, 0.15) is 9.67 Å².